The van der Waals surface area contributed by atoms with Crippen molar-refractivity contribution < 1.29 is 13.2 Å². The molecule has 1 saturated heterocycles. The zero-order valence-corrected chi connectivity index (χ0v) is 9.54. The van der Waals surface area contributed by atoms with E-state index in [0.29, 0.717) is 6.54 Å². The Morgan fingerprint density at radius 3 is 2.31 bits per heavy atom. The third-order valence-electron chi connectivity index (χ3n) is 2.48. The smallest absolute Gasteiger partial charge is 0.315 e. The SMILES string of the molecule is CS(=O)(=O)c1ccc([C@H]2CNC(=O)N2)cc1. The molecule has 1 heterocycles. The molecule has 1 atom stereocenters. The number of benzene rings is 1. The van der Waals surface area contributed by atoms with Crippen LogP contribution in [0.1, 0.15) is 11.6 Å². The first kappa shape index (κ1) is 10.9. The summed E-state index contributed by atoms with van der Waals surface area (Å²) in [7, 11) is -3.16. The van der Waals surface area contributed by atoms with Crippen LogP contribution in [0.15, 0.2) is 29.2 Å². The van der Waals surface area contributed by atoms with E-state index >= 15 is 0 Å². The molecular formula is C10H12N2O3S. The van der Waals surface area contributed by atoms with E-state index in [1.165, 1.54) is 6.26 Å². The molecule has 0 unspecified atom stereocenters. The number of amides is 2. The van der Waals surface area contributed by atoms with Crippen molar-refractivity contribution in [3.63, 3.8) is 0 Å². The highest BCUT2D eigenvalue weighted by molar-refractivity contribution is 7.90. The van der Waals surface area contributed by atoms with Crippen LogP contribution in [-0.4, -0.2) is 27.2 Å². The maximum Gasteiger partial charge on any atom is 0.315 e. The van der Waals surface area contributed by atoms with Crippen LogP contribution in [-0.2, 0) is 9.84 Å². The Morgan fingerprint density at radius 2 is 1.88 bits per heavy atom. The second-order valence-corrected chi connectivity index (χ2v) is 5.76. The molecule has 0 spiro atoms. The molecule has 0 aromatic heterocycles. The van der Waals surface area contributed by atoms with E-state index in [1.54, 1.807) is 24.3 Å². The number of rotatable bonds is 2. The fourth-order valence-corrected chi connectivity index (χ4v) is 2.23. The summed E-state index contributed by atoms with van der Waals surface area (Å²) in [6, 6.07) is 6.26. The van der Waals surface area contributed by atoms with Crippen molar-refractivity contribution in [1.82, 2.24) is 10.6 Å². The van der Waals surface area contributed by atoms with Gasteiger partial charge in [0.25, 0.3) is 0 Å². The second-order valence-electron chi connectivity index (χ2n) is 3.75. The van der Waals surface area contributed by atoms with Crippen LogP contribution in [0.3, 0.4) is 0 Å². The normalized spacial score (nSPS) is 20.3. The molecule has 2 rings (SSSR count). The maximum atomic E-state index is 11.2. The molecular weight excluding hydrogens is 228 g/mol. The van der Waals surface area contributed by atoms with Crippen LogP contribution < -0.4 is 10.6 Å². The van der Waals surface area contributed by atoms with Gasteiger partial charge in [0.15, 0.2) is 9.84 Å². The van der Waals surface area contributed by atoms with Gasteiger partial charge in [0.1, 0.15) is 0 Å². The van der Waals surface area contributed by atoms with E-state index in [2.05, 4.69) is 10.6 Å². The molecule has 16 heavy (non-hydrogen) atoms. The first-order chi connectivity index (χ1) is 7.47. The minimum atomic E-state index is -3.16. The van der Waals surface area contributed by atoms with Gasteiger partial charge in [-0.1, -0.05) is 12.1 Å². The molecule has 1 aliphatic rings. The number of hydrogen-bond acceptors (Lipinski definition) is 3. The first-order valence-electron chi connectivity index (χ1n) is 4.81. The van der Waals surface area contributed by atoms with E-state index in [0.717, 1.165) is 5.56 Å². The molecule has 1 aromatic rings. The molecule has 2 N–H and O–H groups in total. The minimum absolute atomic E-state index is 0.0823. The summed E-state index contributed by atoms with van der Waals surface area (Å²) < 4.78 is 22.5. The molecule has 1 aliphatic heterocycles. The molecule has 1 aromatic carbocycles. The summed E-state index contributed by atoms with van der Waals surface area (Å²) in [5.41, 5.74) is 0.894. The zero-order chi connectivity index (χ0) is 11.8. The van der Waals surface area contributed by atoms with E-state index < -0.39 is 9.84 Å². The summed E-state index contributed by atoms with van der Waals surface area (Å²) in [4.78, 5) is 11.2. The van der Waals surface area contributed by atoms with Crippen LogP contribution in [0.4, 0.5) is 4.79 Å². The van der Waals surface area contributed by atoms with Gasteiger partial charge in [-0.25, -0.2) is 13.2 Å². The predicted octanol–water partition coefficient (Wildman–Crippen LogP) is 0.444. The molecule has 5 nitrogen and oxygen atoms in total. The molecule has 86 valence electrons. The second kappa shape index (κ2) is 3.79. The number of hydrogen-bond donors (Lipinski definition) is 2. The lowest BCUT2D eigenvalue weighted by Crippen LogP contribution is -2.21. The number of urea groups is 1. The fourth-order valence-electron chi connectivity index (χ4n) is 1.60. The number of carbonyl (C=O) groups excluding carboxylic acids is 1. The van der Waals surface area contributed by atoms with Crippen molar-refractivity contribution in [2.24, 2.45) is 0 Å². The standard InChI is InChI=1S/C10H12N2O3S/c1-16(14,15)8-4-2-7(3-5-8)9-6-11-10(13)12-9/h2-5,9H,6H2,1H3,(H2,11,12,13)/t9-/m1/s1. The summed E-state index contributed by atoms with van der Waals surface area (Å²) in [6.07, 6.45) is 1.17. The summed E-state index contributed by atoms with van der Waals surface area (Å²) in [5.74, 6) is 0. The summed E-state index contributed by atoms with van der Waals surface area (Å²) >= 11 is 0. The monoisotopic (exact) mass is 240 g/mol. The third kappa shape index (κ3) is 2.16. The Labute approximate surface area is 93.8 Å². The van der Waals surface area contributed by atoms with E-state index in [-0.39, 0.29) is 17.0 Å². The lowest BCUT2D eigenvalue weighted by atomic mass is 10.1. The molecule has 0 bridgehead atoms. The van der Waals surface area contributed by atoms with Crippen LogP contribution in [0.2, 0.25) is 0 Å². The van der Waals surface area contributed by atoms with Crippen LogP contribution >= 0.6 is 0 Å². The highest BCUT2D eigenvalue weighted by Gasteiger charge is 2.21. The third-order valence-corrected chi connectivity index (χ3v) is 3.61. The number of nitrogens with one attached hydrogen (secondary N) is 2. The van der Waals surface area contributed by atoms with Crippen molar-refractivity contribution in [3.8, 4) is 0 Å². The zero-order valence-electron chi connectivity index (χ0n) is 8.73. The summed E-state index contributed by atoms with van der Waals surface area (Å²) in [5, 5.41) is 5.37. The van der Waals surface area contributed by atoms with E-state index in [9.17, 15) is 13.2 Å². The van der Waals surface area contributed by atoms with Crippen LogP contribution in [0.5, 0.6) is 0 Å². The van der Waals surface area contributed by atoms with Crippen molar-refractivity contribution in [1.29, 1.82) is 0 Å². The highest BCUT2D eigenvalue weighted by atomic mass is 32.2. The minimum Gasteiger partial charge on any atom is -0.336 e. The first-order valence-corrected chi connectivity index (χ1v) is 6.70. The van der Waals surface area contributed by atoms with Gasteiger partial charge in [0, 0.05) is 12.8 Å². The maximum absolute atomic E-state index is 11.2. The van der Waals surface area contributed by atoms with Gasteiger partial charge in [-0.3, -0.25) is 0 Å². The van der Waals surface area contributed by atoms with E-state index in [1.807, 2.05) is 0 Å². The van der Waals surface area contributed by atoms with Crippen LogP contribution in [0.25, 0.3) is 0 Å². The molecule has 0 radical (unpaired) electrons. The Balaban J connectivity index is 2.23. The predicted molar refractivity (Wildman–Crippen MR) is 58.8 cm³/mol. The van der Waals surface area contributed by atoms with Crippen molar-refractivity contribution in [2.45, 2.75) is 10.9 Å². The van der Waals surface area contributed by atoms with Crippen molar-refractivity contribution in [3.05, 3.63) is 29.8 Å². The largest absolute Gasteiger partial charge is 0.336 e. The number of sulfone groups is 1. The lowest BCUT2D eigenvalue weighted by molar-refractivity contribution is 0.247. The topological polar surface area (TPSA) is 75.3 Å². The van der Waals surface area contributed by atoms with Gasteiger partial charge in [-0.2, -0.15) is 0 Å². The van der Waals surface area contributed by atoms with Gasteiger partial charge in [-0.15, -0.1) is 0 Å². The highest BCUT2D eigenvalue weighted by Crippen LogP contribution is 2.17. The van der Waals surface area contributed by atoms with Crippen LogP contribution in [0, 0.1) is 0 Å². The lowest BCUT2D eigenvalue weighted by Gasteiger charge is -2.09. The van der Waals surface area contributed by atoms with Crippen molar-refractivity contribution >= 4 is 15.9 Å². The molecule has 1 fully saturated rings. The van der Waals surface area contributed by atoms with Crippen molar-refractivity contribution in [2.75, 3.05) is 12.8 Å². The number of carbonyl (C=O) groups is 1. The molecule has 0 aliphatic carbocycles. The fraction of sp³-hybridized carbons (Fsp3) is 0.300. The van der Waals surface area contributed by atoms with Gasteiger partial charge < -0.3 is 10.6 Å². The molecule has 2 amide bonds. The molecule has 6 heteroatoms. The quantitative estimate of drug-likeness (QED) is 0.787. The Kier molecular flexibility index (Phi) is 2.59. The van der Waals surface area contributed by atoms with Gasteiger partial charge >= 0.3 is 6.03 Å². The van der Waals surface area contributed by atoms with E-state index in [4.69, 9.17) is 0 Å². The van der Waals surface area contributed by atoms with Gasteiger partial charge in [0.2, 0.25) is 0 Å². The Bertz CT molecular complexity index is 507. The van der Waals surface area contributed by atoms with Gasteiger partial charge in [-0.05, 0) is 17.7 Å². The van der Waals surface area contributed by atoms with Gasteiger partial charge in [0.05, 0.1) is 10.9 Å². The average Bonchev–Trinajstić information content (AvgIpc) is 2.64. The Morgan fingerprint density at radius 1 is 1.25 bits per heavy atom. The average molecular weight is 240 g/mol. The Hall–Kier alpha value is -1.56. The summed E-state index contributed by atoms with van der Waals surface area (Å²) in [6.45, 7) is 0.525. The molecule has 0 saturated carbocycles.